The van der Waals surface area contributed by atoms with Crippen LogP contribution in [0.25, 0.3) is 0 Å². The topological polar surface area (TPSA) is 87.4 Å². The number of nitrogens with one attached hydrogen (secondary N) is 2. The summed E-state index contributed by atoms with van der Waals surface area (Å²) in [6.07, 6.45) is 5.93. The SMILES string of the molecule is CN=C(NCC1(O)CCCC1)NC1CCc2nc(C)nn2C1.I. The largest absolute Gasteiger partial charge is 0.388 e. The van der Waals surface area contributed by atoms with Crippen molar-refractivity contribution in [2.24, 2.45) is 4.99 Å². The quantitative estimate of drug-likeness (QED) is 0.375. The van der Waals surface area contributed by atoms with Crippen LogP contribution in [0.15, 0.2) is 4.99 Å². The summed E-state index contributed by atoms with van der Waals surface area (Å²) < 4.78 is 1.98. The van der Waals surface area contributed by atoms with Gasteiger partial charge in [0.05, 0.1) is 12.1 Å². The lowest BCUT2D eigenvalue weighted by molar-refractivity contribution is 0.0521. The molecule has 0 radical (unpaired) electrons. The zero-order chi connectivity index (χ0) is 15.6. The Kier molecular flexibility index (Phi) is 6.24. The van der Waals surface area contributed by atoms with E-state index in [0.29, 0.717) is 6.54 Å². The van der Waals surface area contributed by atoms with Crippen LogP contribution in [-0.2, 0) is 13.0 Å². The Bertz CT molecular complexity index is 552. The van der Waals surface area contributed by atoms with E-state index in [1.54, 1.807) is 7.05 Å². The average Bonchev–Trinajstić information content (AvgIpc) is 3.08. The van der Waals surface area contributed by atoms with Crippen LogP contribution in [0.4, 0.5) is 0 Å². The summed E-state index contributed by atoms with van der Waals surface area (Å²) in [5.74, 6) is 2.66. The van der Waals surface area contributed by atoms with Crippen LogP contribution < -0.4 is 10.6 Å². The number of hydrogen-bond acceptors (Lipinski definition) is 4. The van der Waals surface area contributed by atoms with Gasteiger partial charge in [-0.1, -0.05) is 12.8 Å². The van der Waals surface area contributed by atoms with Gasteiger partial charge in [-0.3, -0.25) is 4.99 Å². The van der Waals surface area contributed by atoms with Crippen molar-refractivity contribution in [1.82, 2.24) is 25.4 Å². The van der Waals surface area contributed by atoms with Crippen molar-refractivity contribution in [3.63, 3.8) is 0 Å². The highest BCUT2D eigenvalue weighted by atomic mass is 127. The fraction of sp³-hybridized carbons (Fsp3) is 0.800. The monoisotopic (exact) mass is 434 g/mol. The van der Waals surface area contributed by atoms with Crippen LogP contribution in [0.3, 0.4) is 0 Å². The number of aromatic nitrogens is 3. The predicted octanol–water partition coefficient (Wildman–Crippen LogP) is 0.989. The van der Waals surface area contributed by atoms with Gasteiger partial charge in [-0.25, -0.2) is 9.67 Å². The second-order valence-corrected chi connectivity index (χ2v) is 6.49. The molecule has 1 aromatic heterocycles. The second-order valence-electron chi connectivity index (χ2n) is 6.49. The molecule has 23 heavy (non-hydrogen) atoms. The van der Waals surface area contributed by atoms with Gasteiger partial charge in [-0.2, -0.15) is 5.10 Å². The molecule has 8 heteroatoms. The first-order valence-corrected chi connectivity index (χ1v) is 8.18. The lowest BCUT2D eigenvalue weighted by Crippen LogP contribution is -2.50. The summed E-state index contributed by atoms with van der Waals surface area (Å²) in [7, 11) is 1.77. The first-order chi connectivity index (χ1) is 10.6. The van der Waals surface area contributed by atoms with Crippen LogP contribution in [-0.4, -0.2) is 51.1 Å². The molecule has 130 valence electrons. The van der Waals surface area contributed by atoms with Gasteiger partial charge in [0, 0.05) is 26.1 Å². The van der Waals surface area contributed by atoms with Crippen LogP contribution in [0.5, 0.6) is 0 Å². The average molecular weight is 434 g/mol. The Morgan fingerprint density at radius 2 is 2.17 bits per heavy atom. The van der Waals surface area contributed by atoms with Crippen molar-refractivity contribution < 1.29 is 5.11 Å². The van der Waals surface area contributed by atoms with Gasteiger partial charge in [0.25, 0.3) is 0 Å². The summed E-state index contributed by atoms with van der Waals surface area (Å²) in [6.45, 7) is 3.30. The number of fused-ring (bicyclic) bond motifs is 1. The highest BCUT2D eigenvalue weighted by molar-refractivity contribution is 14.0. The summed E-state index contributed by atoms with van der Waals surface area (Å²) >= 11 is 0. The van der Waals surface area contributed by atoms with Crippen LogP contribution in [0, 0.1) is 6.92 Å². The highest BCUT2D eigenvalue weighted by Crippen LogP contribution is 2.28. The van der Waals surface area contributed by atoms with E-state index in [1.807, 2.05) is 11.6 Å². The van der Waals surface area contributed by atoms with Crippen molar-refractivity contribution in [2.75, 3.05) is 13.6 Å². The van der Waals surface area contributed by atoms with Crippen molar-refractivity contribution in [1.29, 1.82) is 0 Å². The van der Waals surface area contributed by atoms with Gasteiger partial charge in [-0.05, 0) is 26.2 Å². The summed E-state index contributed by atoms with van der Waals surface area (Å²) in [6, 6.07) is 0.290. The number of aryl methyl sites for hydroxylation is 2. The first kappa shape index (κ1) is 18.4. The third kappa shape index (κ3) is 4.56. The van der Waals surface area contributed by atoms with E-state index in [2.05, 4.69) is 25.7 Å². The number of nitrogens with zero attached hydrogens (tertiary/aromatic N) is 4. The molecule has 1 atom stereocenters. The zero-order valence-corrected chi connectivity index (χ0v) is 16.2. The molecule has 0 spiro atoms. The molecule has 0 saturated heterocycles. The number of guanidine groups is 1. The van der Waals surface area contributed by atoms with E-state index >= 15 is 0 Å². The van der Waals surface area contributed by atoms with Gasteiger partial charge in [0.15, 0.2) is 5.96 Å². The van der Waals surface area contributed by atoms with Crippen LogP contribution in [0.2, 0.25) is 0 Å². The van der Waals surface area contributed by atoms with Crippen LogP contribution in [0.1, 0.15) is 43.8 Å². The molecule has 7 nitrogen and oxygen atoms in total. The highest BCUT2D eigenvalue weighted by Gasteiger charge is 2.31. The number of rotatable bonds is 3. The van der Waals surface area contributed by atoms with Gasteiger partial charge in [0.2, 0.25) is 0 Å². The van der Waals surface area contributed by atoms with E-state index in [-0.39, 0.29) is 30.0 Å². The first-order valence-electron chi connectivity index (χ1n) is 8.18. The Labute approximate surface area is 154 Å². The Hall–Kier alpha value is -0.900. The molecule has 1 aromatic rings. The fourth-order valence-electron chi connectivity index (χ4n) is 3.40. The number of aliphatic imine (C=N–C) groups is 1. The minimum Gasteiger partial charge on any atom is -0.388 e. The normalized spacial score (nSPS) is 23.1. The summed E-state index contributed by atoms with van der Waals surface area (Å²) in [5.41, 5.74) is -0.569. The van der Waals surface area contributed by atoms with Crippen LogP contribution >= 0.6 is 24.0 Å². The molecular formula is C15H27IN6O. The second kappa shape index (κ2) is 7.78. The lowest BCUT2D eigenvalue weighted by Gasteiger charge is -2.28. The Balaban J connectivity index is 0.00000192. The third-order valence-corrected chi connectivity index (χ3v) is 4.65. The Morgan fingerprint density at radius 1 is 1.43 bits per heavy atom. The zero-order valence-electron chi connectivity index (χ0n) is 13.9. The minimum absolute atomic E-state index is 0. The standard InChI is InChI=1S/C15H26N6O.HI/c1-11-18-13-6-5-12(9-21(13)20-11)19-14(16-2)17-10-15(22)7-3-4-8-15;/h12,22H,3-10H2,1-2H3,(H2,16,17,19);1H. The van der Waals surface area contributed by atoms with Crippen molar-refractivity contribution in [3.8, 4) is 0 Å². The van der Waals surface area contributed by atoms with Gasteiger partial charge < -0.3 is 15.7 Å². The van der Waals surface area contributed by atoms with Crippen molar-refractivity contribution >= 4 is 29.9 Å². The molecule has 2 aliphatic rings. The molecule has 1 unspecified atom stereocenters. The molecule has 0 bridgehead atoms. The van der Waals surface area contributed by atoms with E-state index in [9.17, 15) is 5.11 Å². The lowest BCUT2D eigenvalue weighted by atomic mass is 10.0. The molecule has 1 fully saturated rings. The van der Waals surface area contributed by atoms with E-state index < -0.39 is 5.60 Å². The number of aliphatic hydroxyl groups is 1. The van der Waals surface area contributed by atoms with Gasteiger partial charge in [-0.15, -0.1) is 24.0 Å². The van der Waals surface area contributed by atoms with E-state index in [0.717, 1.165) is 62.7 Å². The molecule has 3 rings (SSSR count). The summed E-state index contributed by atoms with van der Waals surface area (Å²) in [5, 5.41) is 21.5. The van der Waals surface area contributed by atoms with Crippen molar-refractivity contribution in [3.05, 3.63) is 11.6 Å². The smallest absolute Gasteiger partial charge is 0.191 e. The molecule has 1 saturated carbocycles. The minimum atomic E-state index is -0.569. The number of hydrogen-bond donors (Lipinski definition) is 3. The predicted molar refractivity (Wildman–Crippen MR) is 100 cm³/mol. The van der Waals surface area contributed by atoms with Gasteiger partial charge >= 0.3 is 0 Å². The maximum Gasteiger partial charge on any atom is 0.191 e. The van der Waals surface area contributed by atoms with E-state index in [1.165, 1.54) is 0 Å². The summed E-state index contributed by atoms with van der Waals surface area (Å²) in [4.78, 5) is 8.70. The maximum atomic E-state index is 10.4. The molecule has 1 aliphatic heterocycles. The molecule has 3 N–H and O–H groups in total. The van der Waals surface area contributed by atoms with E-state index in [4.69, 9.17) is 0 Å². The molecule has 1 aliphatic carbocycles. The maximum absolute atomic E-state index is 10.4. The fourth-order valence-corrected chi connectivity index (χ4v) is 3.40. The number of halogens is 1. The molecule has 0 aromatic carbocycles. The van der Waals surface area contributed by atoms with Crippen molar-refractivity contribution in [2.45, 2.75) is 63.6 Å². The molecule has 2 heterocycles. The molecular weight excluding hydrogens is 407 g/mol. The van der Waals surface area contributed by atoms with Gasteiger partial charge in [0.1, 0.15) is 11.6 Å². The third-order valence-electron chi connectivity index (χ3n) is 4.65. The molecule has 0 amide bonds. The Morgan fingerprint density at radius 3 is 2.87 bits per heavy atom.